The number of hydrogen-bond donors (Lipinski definition) is 0. The Balaban J connectivity index is 1.31. The first-order valence-electron chi connectivity index (χ1n) is 11.5. The predicted molar refractivity (Wildman–Crippen MR) is 114 cm³/mol. The lowest BCUT2D eigenvalue weighted by molar-refractivity contribution is -0.135. The summed E-state index contributed by atoms with van der Waals surface area (Å²) in [6.07, 6.45) is 5.56. The fourth-order valence-corrected chi connectivity index (χ4v) is 5.20. The van der Waals surface area contributed by atoms with Crippen LogP contribution in [0.5, 0.6) is 5.75 Å². The van der Waals surface area contributed by atoms with E-state index >= 15 is 0 Å². The zero-order valence-corrected chi connectivity index (χ0v) is 18.0. The van der Waals surface area contributed by atoms with Crippen LogP contribution in [0, 0.1) is 11.8 Å². The van der Waals surface area contributed by atoms with Gasteiger partial charge >= 0.3 is 0 Å². The van der Waals surface area contributed by atoms with Crippen molar-refractivity contribution in [2.75, 3.05) is 32.8 Å². The Kier molecular flexibility index (Phi) is 6.76. The topological polar surface area (TPSA) is 42.0 Å². The molecule has 0 aromatic heterocycles. The molecule has 3 aliphatic rings. The molecule has 1 amide bonds. The third kappa shape index (κ3) is 5.13. The van der Waals surface area contributed by atoms with Crippen molar-refractivity contribution in [1.82, 2.24) is 9.80 Å². The second kappa shape index (κ2) is 9.48. The summed E-state index contributed by atoms with van der Waals surface area (Å²) in [7, 11) is 0. The average Bonchev–Trinajstić information content (AvgIpc) is 3.12. The van der Waals surface area contributed by atoms with Crippen molar-refractivity contribution in [2.45, 2.75) is 64.7 Å². The number of hydrogen-bond acceptors (Lipinski definition) is 4. The zero-order chi connectivity index (χ0) is 20.2. The summed E-state index contributed by atoms with van der Waals surface area (Å²) >= 11 is 0. The Labute approximate surface area is 175 Å². The molecule has 0 spiro atoms. The predicted octanol–water partition coefficient (Wildman–Crippen LogP) is 3.71. The fourth-order valence-electron chi connectivity index (χ4n) is 5.20. The molecule has 3 atom stereocenters. The Bertz CT molecular complexity index is 686. The summed E-state index contributed by atoms with van der Waals surface area (Å²) in [4.78, 5) is 17.3. The van der Waals surface area contributed by atoms with Crippen LogP contribution in [-0.4, -0.2) is 60.7 Å². The lowest BCUT2D eigenvalue weighted by atomic mass is 9.83. The Morgan fingerprint density at radius 3 is 2.76 bits per heavy atom. The van der Waals surface area contributed by atoms with E-state index < -0.39 is 0 Å². The van der Waals surface area contributed by atoms with Crippen molar-refractivity contribution in [3.63, 3.8) is 0 Å². The zero-order valence-electron chi connectivity index (χ0n) is 18.0. The molecular formula is C24H36N2O3. The van der Waals surface area contributed by atoms with E-state index in [0.29, 0.717) is 24.2 Å². The molecule has 160 valence electrons. The summed E-state index contributed by atoms with van der Waals surface area (Å²) in [5.74, 6) is 2.37. The second-order valence-electron chi connectivity index (χ2n) is 9.24. The second-order valence-corrected chi connectivity index (χ2v) is 9.24. The van der Waals surface area contributed by atoms with E-state index in [-0.39, 0.29) is 12.2 Å². The molecule has 0 radical (unpaired) electrons. The van der Waals surface area contributed by atoms with E-state index in [9.17, 15) is 4.79 Å². The van der Waals surface area contributed by atoms with Gasteiger partial charge in [0.1, 0.15) is 5.75 Å². The molecule has 4 rings (SSSR count). The van der Waals surface area contributed by atoms with Crippen molar-refractivity contribution in [1.29, 1.82) is 0 Å². The van der Waals surface area contributed by atoms with E-state index in [0.717, 1.165) is 64.3 Å². The van der Waals surface area contributed by atoms with Gasteiger partial charge in [0, 0.05) is 37.7 Å². The van der Waals surface area contributed by atoms with Gasteiger partial charge in [0.25, 0.3) is 0 Å². The molecule has 5 heteroatoms. The molecule has 3 heterocycles. The van der Waals surface area contributed by atoms with Crippen LogP contribution in [-0.2, 0) is 16.1 Å². The van der Waals surface area contributed by atoms with E-state index in [1.807, 2.05) is 6.07 Å². The number of ether oxygens (including phenoxy) is 2. The van der Waals surface area contributed by atoms with Gasteiger partial charge in [0.05, 0.1) is 25.2 Å². The first-order valence-corrected chi connectivity index (χ1v) is 11.5. The number of carbonyl (C=O) groups excluding carboxylic acids is 1. The van der Waals surface area contributed by atoms with E-state index in [4.69, 9.17) is 9.47 Å². The number of piperidine rings is 2. The number of carbonyl (C=O) groups is 1. The van der Waals surface area contributed by atoms with Gasteiger partial charge in [0.15, 0.2) is 0 Å². The molecule has 0 aliphatic carbocycles. The quantitative estimate of drug-likeness (QED) is 0.730. The van der Waals surface area contributed by atoms with Crippen LogP contribution >= 0.6 is 0 Å². The number of benzene rings is 1. The number of likely N-dealkylation sites (tertiary alicyclic amines) is 2. The number of rotatable bonds is 6. The smallest absolute Gasteiger partial charge is 0.225 e. The molecule has 0 bridgehead atoms. The van der Waals surface area contributed by atoms with Gasteiger partial charge in [0.2, 0.25) is 5.91 Å². The monoisotopic (exact) mass is 400 g/mol. The Morgan fingerprint density at radius 1 is 1.17 bits per heavy atom. The molecule has 5 nitrogen and oxygen atoms in total. The standard InChI is InChI=1S/C24H36N2O3/c1-18(2)29-22-9-5-4-8-19(22)15-25-13-10-21-20(16-25)17-28-23(21)14-24(27)26-11-6-3-7-12-26/h4-5,8-9,18,20-21,23H,3,6-7,10-17H2,1-2H3/t20-,21-,23+/m1/s1. The normalized spacial score (nSPS) is 27.8. The van der Waals surface area contributed by atoms with Gasteiger partial charge in [-0.15, -0.1) is 0 Å². The molecule has 1 aromatic carbocycles. The third-order valence-corrected chi connectivity index (χ3v) is 6.69. The van der Waals surface area contributed by atoms with Gasteiger partial charge in [-0.05, 0) is 58.1 Å². The summed E-state index contributed by atoms with van der Waals surface area (Å²) < 4.78 is 12.1. The summed E-state index contributed by atoms with van der Waals surface area (Å²) in [5.41, 5.74) is 1.26. The highest BCUT2D eigenvalue weighted by molar-refractivity contribution is 5.76. The minimum absolute atomic E-state index is 0.119. The highest BCUT2D eigenvalue weighted by atomic mass is 16.5. The lowest BCUT2D eigenvalue weighted by Crippen LogP contribution is -2.43. The SMILES string of the molecule is CC(C)Oc1ccccc1CN1CC[C@@H]2[C@@H](CO[C@H]2CC(=O)N2CCCCC2)C1. The van der Waals surface area contributed by atoms with Crippen LogP contribution in [0.3, 0.4) is 0 Å². The van der Waals surface area contributed by atoms with Crippen molar-refractivity contribution < 1.29 is 14.3 Å². The van der Waals surface area contributed by atoms with Gasteiger partial charge in [-0.3, -0.25) is 9.69 Å². The van der Waals surface area contributed by atoms with Crippen molar-refractivity contribution in [3.05, 3.63) is 29.8 Å². The van der Waals surface area contributed by atoms with Crippen LogP contribution in [0.25, 0.3) is 0 Å². The molecule has 29 heavy (non-hydrogen) atoms. The number of amides is 1. The minimum atomic E-state index is 0.119. The van der Waals surface area contributed by atoms with Crippen LogP contribution in [0.4, 0.5) is 0 Å². The van der Waals surface area contributed by atoms with Crippen LogP contribution < -0.4 is 4.74 Å². The molecule has 0 N–H and O–H groups in total. The third-order valence-electron chi connectivity index (χ3n) is 6.69. The van der Waals surface area contributed by atoms with Crippen LogP contribution in [0.15, 0.2) is 24.3 Å². The fraction of sp³-hybridized carbons (Fsp3) is 0.708. The molecule has 0 unspecified atom stereocenters. The maximum atomic E-state index is 12.7. The molecular weight excluding hydrogens is 364 g/mol. The minimum Gasteiger partial charge on any atom is -0.491 e. The molecule has 3 fully saturated rings. The van der Waals surface area contributed by atoms with Crippen LogP contribution in [0.1, 0.15) is 51.5 Å². The van der Waals surface area contributed by atoms with Gasteiger partial charge in [-0.1, -0.05) is 18.2 Å². The number of nitrogens with zero attached hydrogens (tertiary/aromatic N) is 2. The maximum absolute atomic E-state index is 12.7. The molecule has 0 saturated carbocycles. The lowest BCUT2D eigenvalue weighted by Gasteiger charge is -2.36. The van der Waals surface area contributed by atoms with Gasteiger partial charge in [-0.25, -0.2) is 0 Å². The Morgan fingerprint density at radius 2 is 1.97 bits per heavy atom. The van der Waals surface area contributed by atoms with Crippen LogP contribution in [0.2, 0.25) is 0 Å². The molecule has 3 aliphatic heterocycles. The van der Waals surface area contributed by atoms with Crippen molar-refractivity contribution in [2.24, 2.45) is 11.8 Å². The van der Waals surface area contributed by atoms with Crippen molar-refractivity contribution >= 4 is 5.91 Å². The first-order chi connectivity index (χ1) is 14.1. The largest absolute Gasteiger partial charge is 0.491 e. The number of fused-ring (bicyclic) bond motifs is 1. The highest BCUT2D eigenvalue weighted by Gasteiger charge is 2.42. The van der Waals surface area contributed by atoms with E-state index in [2.05, 4.69) is 41.8 Å². The summed E-state index contributed by atoms with van der Waals surface area (Å²) in [6.45, 7) is 9.85. The van der Waals surface area contributed by atoms with E-state index in [1.165, 1.54) is 12.0 Å². The molecule has 3 saturated heterocycles. The first kappa shape index (κ1) is 20.7. The van der Waals surface area contributed by atoms with Gasteiger partial charge < -0.3 is 14.4 Å². The summed E-state index contributed by atoms with van der Waals surface area (Å²) in [6, 6.07) is 8.39. The van der Waals surface area contributed by atoms with Gasteiger partial charge in [-0.2, -0.15) is 0 Å². The Hall–Kier alpha value is -1.59. The highest BCUT2D eigenvalue weighted by Crippen LogP contribution is 2.37. The molecule has 1 aromatic rings. The maximum Gasteiger partial charge on any atom is 0.225 e. The number of para-hydroxylation sites is 1. The summed E-state index contributed by atoms with van der Waals surface area (Å²) in [5, 5.41) is 0. The average molecular weight is 401 g/mol. The van der Waals surface area contributed by atoms with E-state index in [1.54, 1.807) is 0 Å². The van der Waals surface area contributed by atoms with Crippen molar-refractivity contribution in [3.8, 4) is 5.75 Å².